The summed E-state index contributed by atoms with van der Waals surface area (Å²) >= 11 is 0. The van der Waals surface area contributed by atoms with Crippen molar-refractivity contribution in [1.82, 2.24) is 4.57 Å². The van der Waals surface area contributed by atoms with Crippen LogP contribution in [0.2, 0.25) is 0 Å². The molecule has 0 aliphatic rings. The highest BCUT2D eigenvalue weighted by molar-refractivity contribution is 5.87. The number of hydrogen-bond acceptors (Lipinski definition) is 3. The van der Waals surface area contributed by atoms with Gasteiger partial charge in [-0.2, -0.15) is 0 Å². The average Bonchev–Trinajstić information content (AvgIpc) is 2.33. The van der Waals surface area contributed by atoms with Crippen molar-refractivity contribution in [2.45, 2.75) is 0 Å². The number of nitrogens with two attached hydrogens (primary N) is 1. The lowest BCUT2D eigenvalue weighted by molar-refractivity contribution is 0.0696. The summed E-state index contributed by atoms with van der Waals surface area (Å²) in [6, 6.07) is 6.06. The zero-order chi connectivity index (χ0) is 13.3. The van der Waals surface area contributed by atoms with Gasteiger partial charge in [0.2, 0.25) is 0 Å². The van der Waals surface area contributed by atoms with Crippen molar-refractivity contribution in [2.24, 2.45) is 0 Å². The van der Waals surface area contributed by atoms with Gasteiger partial charge in [-0.25, -0.2) is 9.18 Å². The minimum atomic E-state index is -1.15. The Kier molecular flexibility index (Phi) is 2.85. The van der Waals surface area contributed by atoms with Gasteiger partial charge in [-0.1, -0.05) is 0 Å². The van der Waals surface area contributed by atoms with Crippen molar-refractivity contribution in [1.29, 1.82) is 0 Å². The average molecular weight is 248 g/mol. The number of aromatic carboxylic acids is 1. The fourth-order valence-electron chi connectivity index (χ4n) is 1.50. The number of hydrogen-bond donors (Lipinski definition) is 2. The van der Waals surface area contributed by atoms with E-state index < -0.39 is 17.3 Å². The Morgan fingerprint density at radius 3 is 2.61 bits per heavy atom. The predicted molar refractivity (Wildman–Crippen MR) is 63.4 cm³/mol. The minimum Gasteiger partial charge on any atom is -0.478 e. The molecule has 92 valence electrons. The van der Waals surface area contributed by atoms with Crippen molar-refractivity contribution in [3.05, 3.63) is 58.3 Å². The van der Waals surface area contributed by atoms with Gasteiger partial charge in [-0.15, -0.1) is 0 Å². The lowest BCUT2D eigenvalue weighted by atomic mass is 10.2. The van der Waals surface area contributed by atoms with Crippen LogP contribution in [0.5, 0.6) is 0 Å². The van der Waals surface area contributed by atoms with E-state index in [9.17, 15) is 14.0 Å². The molecule has 18 heavy (non-hydrogen) atoms. The molecule has 1 aromatic heterocycles. The molecule has 5 nitrogen and oxygen atoms in total. The number of carboxylic acids is 1. The van der Waals surface area contributed by atoms with Crippen LogP contribution in [-0.4, -0.2) is 15.6 Å². The molecule has 3 N–H and O–H groups in total. The van der Waals surface area contributed by atoms with Crippen molar-refractivity contribution < 1.29 is 14.3 Å². The molecule has 0 aliphatic heterocycles. The summed E-state index contributed by atoms with van der Waals surface area (Å²) in [5.74, 6) is -1.75. The Morgan fingerprint density at radius 1 is 1.28 bits per heavy atom. The van der Waals surface area contributed by atoms with Gasteiger partial charge in [0.15, 0.2) is 0 Å². The number of rotatable bonds is 2. The molecule has 0 fully saturated rings. The predicted octanol–water partition coefficient (Wildman–Crippen LogP) is 1.26. The number of nitrogen functional groups attached to an aromatic ring is 1. The van der Waals surface area contributed by atoms with Crippen LogP contribution in [0.1, 0.15) is 10.4 Å². The van der Waals surface area contributed by atoms with Gasteiger partial charge < -0.3 is 10.8 Å². The lowest BCUT2D eigenvalue weighted by Gasteiger charge is -2.07. The molecule has 2 rings (SSSR count). The van der Waals surface area contributed by atoms with Crippen molar-refractivity contribution in [3.63, 3.8) is 0 Å². The molecular weight excluding hydrogens is 239 g/mol. The first kappa shape index (κ1) is 11.8. The third-order valence-electron chi connectivity index (χ3n) is 2.42. The molecule has 1 heterocycles. The van der Waals surface area contributed by atoms with E-state index in [2.05, 4.69) is 0 Å². The van der Waals surface area contributed by atoms with E-state index in [0.29, 0.717) is 5.69 Å². The highest BCUT2D eigenvalue weighted by Gasteiger charge is 2.08. The quantitative estimate of drug-likeness (QED) is 0.783. The van der Waals surface area contributed by atoms with Crippen molar-refractivity contribution >= 4 is 11.7 Å². The van der Waals surface area contributed by atoms with E-state index >= 15 is 0 Å². The molecule has 0 bridgehead atoms. The number of carboxylic acid groups (broad SMARTS) is 1. The van der Waals surface area contributed by atoms with E-state index in [1.165, 1.54) is 18.2 Å². The van der Waals surface area contributed by atoms with E-state index in [-0.39, 0.29) is 11.3 Å². The molecule has 0 saturated carbocycles. The van der Waals surface area contributed by atoms with Gasteiger partial charge in [-0.05, 0) is 24.3 Å². The maximum absolute atomic E-state index is 13.0. The van der Waals surface area contributed by atoms with E-state index in [4.69, 9.17) is 10.8 Å². The summed E-state index contributed by atoms with van der Waals surface area (Å²) in [4.78, 5) is 22.4. The van der Waals surface area contributed by atoms with Gasteiger partial charge in [-0.3, -0.25) is 9.36 Å². The first-order valence-corrected chi connectivity index (χ1v) is 5.00. The fraction of sp³-hybridized carbons (Fsp3) is 0. The number of halogens is 1. The first-order chi connectivity index (χ1) is 8.49. The largest absolute Gasteiger partial charge is 0.478 e. The topological polar surface area (TPSA) is 85.3 Å². The number of aromatic nitrogens is 1. The zero-order valence-electron chi connectivity index (χ0n) is 9.13. The van der Waals surface area contributed by atoms with Crippen LogP contribution in [0.4, 0.5) is 10.1 Å². The highest BCUT2D eigenvalue weighted by atomic mass is 19.1. The van der Waals surface area contributed by atoms with E-state index in [1.54, 1.807) is 0 Å². The second kappa shape index (κ2) is 4.33. The molecule has 2 aromatic rings. The Bertz CT molecular complexity index is 679. The molecular formula is C12H9FN2O3. The van der Waals surface area contributed by atoms with Crippen LogP contribution >= 0.6 is 0 Å². The Morgan fingerprint density at radius 2 is 2.00 bits per heavy atom. The van der Waals surface area contributed by atoms with Crippen LogP contribution in [0, 0.1) is 5.82 Å². The standard InChI is InChI=1S/C12H9FN2O3/c13-9-3-2-8(5-10(9)14)15-6-7(12(17)18)1-4-11(15)16/h1-6H,14H2,(H,17,18). The summed E-state index contributed by atoms with van der Waals surface area (Å²) in [6.45, 7) is 0. The number of carbonyl (C=O) groups is 1. The summed E-state index contributed by atoms with van der Waals surface area (Å²) in [6.07, 6.45) is 1.16. The van der Waals surface area contributed by atoms with Crippen LogP contribution in [0.3, 0.4) is 0 Å². The second-order valence-corrected chi connectivity index (χ2v) is 3.64. The smallest absolute Gasteiger partial charge is 0.337 e. The third kappa shape index (κ3) is 2.08. The molecule has 0 spiro atoms. The molecule has 1 aromatic carbocycles. The number of nitrogens with zero attached hydrogens (tertiary/aromatic N) is 1. The molecule has 0 unspecified atom stereocenters. The van der Waals surface area contributed by atoms with Crippen LogP contribution in [0.15, 0.2) is 41.3 Å². The van der Waals surface area contributed by atoms with Crippen LogP contribution in [-0.2, 0) is 0 Å². The Hall–Kier alpha value is -2.63. The van der Waals surface area contributed by atoms with Crippen molar-refractivity contribution in [3.8, 4) is 5.69 Å². The lowest BCUT2D eigenvalue weighted by Crippen LogP contribution is -2.18. The monoisotopic (exact) mass is 248 g/mol. The summed E-state index contributed by atoms with van der Waals surface area (Å²) < 4.78 is 14.1. The summed E-state index contributed by atoms with van der Waals surface area (Å²) in [5.41, 5.74) is 5.13. The zero-order valence-corrected chi connectivity index (χ0v) is 9.13. The summed E-state index contributed by atoms with van der Waals surface area (Å²) in [5, 5.41) is 8.85. The van der Waals surface area contributed by atoms with Crippen LogP contribution in [0.25, 0.3) is 5.69 Å². The summed E-state index contributed by atoms with van der Waals surface area (Å²) in [7, 11) is 0. The number of benzene rings is 1. The highest BCUT2D eigenvalue weighted by Crippen LogP contribution is 2.15. The molecule has 6 heteroatoms. The Balaban J connectivity index is 2.62. The number of anilines is 1. The van der Waals surface area contributed by atoms with E-state index in [1.807, 2.05) is 0 Å². The molecule has 0 aliphatic carbocycles. The fourth-order valence-corrected chi connectivity index (χ4v) is 1.50. The maximum Gasteiger partial charge on any atom is 0.337 e. The molecule has 0 amide bonds. The van der Waals surface area contributed by atoms with E-state index in [0.717, 1.165) is 22.9 Å². The van der Waals surface area contributed by atoms with Gasteiger partial charge >= 0.3 is 5.97 Å². The Labute approximate surface area is 101 Å². The van der Waals surface area contributed by atoms with Crippen LogP contribution < -0.4 is 11.3 Å². The molecule has 0 radical (unpaired) electrons. The molecule has 0 saturated heterocycles. The SMILES string of the molecule is Nc1cc(-n2cc(C(=O)O)ccc2=O)ccc1F. The van der Waals surface area contributed by atoms with Gasteiger partial charge in [0.25, 0.3) is 5.56 Å². The van der Waals surface area contributed by atoms with Gasteiger partial charge in [0.1, 0.15) is 5.82 Å². The maximum atomic E-state index is 13.0. The van der Waals surface area contributed by atoms with Gasteiger partial charge in [0.05, 0.1) is 16.9 Å². The minimum absolute atomic E-state index is 0.0440. The molecule has 0 atom stereocenters. The van der Waals surface area contributed by atoms with Gasteiger partial charge in [0, 0.05) is 12.3 Å². The normalized spacial score (nSPS) is 10.3. The second-order valence-electron chi connectivity index (χ2n) is 3.64. The number of pyridine rings is 1. The van der Waals surface area contributed by atoms with Crippen molar-refractivity contribution in [2.75, 3.05) is 5.73 Å². The third-order valence-corrected chi connectivity index (χ3v) is 2.42. The first-order valence-electron chi connectivity index (χ1n) is 5.00.